The monoisotopic (exact) mass is 150 g/mol. The zero-order valence-electron chi connectivity index (χ0n) is 6.42. The molecule has 0 amide bonds. The molecule has 0 aliphatic heterocycles. The largest absolute Gasteiger partial charge is 0.161 e. The van der Waals surface area contributed by atoms with Crippen molar-refractivity contribution in [1.29, 1.82) is 0 Å². The van der Waals surface area contributed by atoms with E-state index in [1.54, 1.807) is 0 Å². The van der Waals surface area contributed by atoms with Gasteiger partial charge in [-0.3, -0.25) is 0 Å². The highest BCUT2D eigenvalue weighted by Crippen LogP contribution is 2.05. The van der Waals surface area contributed by atoms with Gasteiger partial charge in [-0.05, 0) is 11.8 Å². The number of hydrogen-bond acceptors (Lipinski definition) is 1. The zero-order chi connectivity index (χ0) is 7.40. The van der Waals surface area contributed by atoms with E-state index in [1.807, 2.05) is 11.8 Å². The van der Waals surface area contributed by atoms with Crippen LogP contribution in [0.25, 0.3) is 0 Å². The van der Waals surface area contributed by atoms with E-state index in [9.17, 15) is 0 Å². The van der Waals surface area contributed by atoms with Crippen molar-refractivity contribution in [3.8, 4) is 0 Å². The Bertz CT molecular complexity index is 210. The van der Waals surface area contributed by atoms with Gasteiger partial charge in [-0.1, -0.05) is 29.7 Å². The van der Waals surface area contributed by atoms with Crippen LogP contribution in [0.3, 0.4) is 0 Å². The lowest BCUT2D eigenvalue weighted by molar-refractivity contribution is 1.44. The van der Waals surface area contributed by atoms with Gasteiger partial charge in [0.15, 0.2) is 0 Å². The molecular weight excluding hydrogens is 139 g/mol. The van der Waals surface area contributed by atoms with E-state index in [1.165, 1.54) is 11.0 Å². The highest BCUT2D eigenvalue weighted by molar-refractivity contribution is 7.97. The van der Waals surface area contributed by atoms with Crippen LogP contribution in [0.1, 0.15) is 5.56 Å². The van der Waals surface area contributed by atoms with Crippen LogP contribution in [0.2, 0.25) is 0 Å². The molecule has 0 saturated carbocycles. The van der Waals surface area contributed by atoms with E-state index in [0.717, 1.165) is 5.75 Å². The molecule has 0 nitrogen and oxygen atoms in total. The fourth-order valence-electron chi connectivity index (χ4n) is 0.969. The first-order chi connectivity index (χ1) is 4.83. The van der Waals surface area contributed by atoms with E-state index >= 15 is 0 Å². The Labute approximate surface area is 67.4 Å². The summed E-state index contributed by atoms with van der Waals surface area (Å²) in [6.45, 7) is 0. The topological polar surface area (TPSA) is 0 Å². The Balaban J connectivity index is 2.75. The van der Waals surface area contributed by atoms with Crippen molar-refractivity contribution >= 4 is 25.1 Å². The molecule has 0 fully saturated rings. The molecule has 0 heterocycles. The zero-order valence-corrected chi connectivity index (χ0v) is 7.24. The second kappa shape index (κ2) is 3.72. The quantitative estimate of drug-likeness (QED) is 0.562. The second-order valence-corrected chi connectivity index (χ2v) is 3.29. The Morgan fingerprint density at radius 3 is 2.90 bits per heavy atom. The SMILES string of the molecule is Bc1cccc(CSC)c1. The normalized spacial score (nSPS) is 9.70. The summed E-state index contributed by atoms with van der Waals surface area (Å²) in [5, 5.41) is 0. The number of hydrogen-bond donors (Lipinski definition) is 0. The van der Waals surface area contributed by atoms with Gasteiger partial charge in [0.2, 0.25) is 0 Å². The molecule has 10 heavy (non-hydrogen) atoms. The van der Waals surface area contributed by atoms with Crippen molar-refractivity contribution in [3.05, 3.63) is 29.8 Å². The van der Waals surface area contributed by atoms with Gasteiger partial charge >= 0.3 is 0 Å². The summed E-state index contributed by atoms with van der Waals surface area (Å²) in [6.07, 6.45) is 2.13. The van der Waals surface area contributed by atoms with Crippen LogP contribution >= 0.6 is 11.8 Å². The fourth-order valence-corrected chi connectivity index (χ4v) is 1.48. The summed E-state index contributed by atoms with van der Waals surface area (Å²) in [6, 6.07) is 8.64. The molecule has 1 aromatic carbocycles. The molecule has 0 unspecified atom stereocenters. The van der Waals surface area contributed by atoms with Crippen molar-refractivity contribution in [2.24, 2.45) is 0 Å². The van der Waals surface area contributed by atoms with Crippen molar-refractivity contribution < 1.29 is 0 Å². The minimum Gasteiger partial charge on any atom is -0.161 e. The summed E-state index contributed by atoms with van der Waals surface area (Å²) in [5.41, 5.74) is 2.78. The lowest BCUT2D eigenvalue weighted by atomic mass is 9.95. The fraction of sp³-hybridized carbons (Fsp3) is 0.250. The molecule has 1 rings (SSSR count). The van der Waals surface area contributed by atoms with E-state index in [-0.39, 0.29) is 0 Å². The summed E-state index contributed by atoms with van der Waals surface area (Å²) in [7, 11) is 2.13. The predicted octanol–water partition coefficient (Wildman–Crippen LogP) is 0.808. The smallest absolute Gasteiger partial charge is 0.139 e. The Morgan fingerprint density at radius 1 is 1.50 bits per heavy atom. The Morgan fingerprint density at radius 2 is 2.30 bits per heavy atom. The second-order valence-electron chi connectivity index (χ2n) is 2.42. The van der Waals surface area contributed by atoms with E-state index in [4.69, 9.17) is 0 Å². The Hall–Kier alpha value is -0.365. The third-order valence-corrected chi connectivity index (χ3v) is 2.02. The highest BCUT2D eigenvalue weighted by atomic mass is 32.2. The molecule has 0 aliphatic rings. The number of rotatable bonds is 2. The molecule has 0 saturated heterocycles. The molecule has 0 spiro atoms. The molecule has 0 aliphatic carbocycles. The van der Waals surface area contributed by atoms with Gasteiger partial charge in [-0.15, -0.1) is 0 Å². The standard InChI is InChI=1S/C8H11BS/c1-10-6-7-3-2-4-8(9)5-7/h2-5H,6,9H2,1H3. The van der Waals surface area contributed by atoms with Crippen molar-refractivity contribution in [1.82, 2.24) is 0 Å². The first kappa shape index (κ1) is 7.74. The van der Waals surface area contributed by atoms with Gasteiger partial charge in [0.05, 0.1) is 0 Å². The van der Waals surface area contributed by atoms with Crippen LogP contribution in [0.15, 0.2) is 24.3 Å². The third kappa shape index (κ3) is 2.11. The van der Waals surface area contributed by atoms with Crippen molar-refractivity contribution in [2.45, 2.75) is 5.75 Å². The maximum absolute atomic E-state index is 2.23. The molecule has 2 heteroatoms. The minimum atomic E-state index is 1.13. The van der Waals surface area contributed by atoms with Gasteiger partial charge in [0.25, 0.3) is 0 Å². The van der Waals surface area contributed by atoms with E-state index in [0.29, 0.717) is 0 Å². The molecule has 1 aromatic rings. The number of benzene rings is 1. The maximum atomic E-state index is 2.23. The predicted molar refractivity (Wildman–Crippen MR) is 51.8 cm³/mol. The summed E-state index contributed by atoms with van der Waals surface area (Å²) in [4.78, 5) is 0. The van der Waals surface area contributed by atoms with Crippen molar-refractivity contribution in [3.63, 3.8) is 0 Å². The average Bonchev–Trinajstić information content (AvgIpc) is 1.88. The summed E-state index contributed by atoms with van der Waals surface area (Å²) < 4.78 is 0. The van der Waals surface area contributed by atoms with Crippen LogP contribution in [-0.4, -0.2) is 14.1 Å². The Kier molecular flexibility index (Phi) is 2.88. The molecule has 52 valence electrons. The van der Waals surface area contributed by atoms with Gasteiger partial charge in [0, 0.05) is 5.75 Å². The van der Waals surface area contributed by atoms with E-state index in [2.05, 4.69) is 38.4 Å². The number of thioether (sulfide) groups is 1. The van der Waals surface area contributed by atoms with Gasteiger partial charge in [-0.2, -0.15) is 11.8 Å². The van der Waals surface area contributed by atoms with Gasteiger partial charge in [0.1, 0.15) is 7.85 Å². The molecule has 0 aromatic heterocycles. The highest BCUT2D eigenvalue weighted by Gasteiger charge is 1.89. The van der Waals surface area contributed by atoms with Crippen LogP contribution in [-0.2, 0) is 5.75 Å². The summed E-state index contributed by atoms with van der Waals surface area (Å²) >= 11 is 1.86. The van der Waals surface area contributed by atoms with Crippen LogP contribution in [0.5, 0.6) is 0 Å². The van der Waals surface area contributed by atoms with Crippen LogP contribution < -0.4 is 5.46 Å². The summed E-state index contributed by atoms with van der Waals surface area (Å²) in [5.74, 6) is 1.13. The van der Waals surface area contributed by atoms with Crippen LogP contribution in [0.4, 0.5) is 0 Å². The maximum Gasteiger partial charge on any atom is 0.139 e. The van der Waals surface area contributed by atoms with E-state index < -0.39 is 0 Å². The molecule has 0 N–H and O–H groups in total. The molecule has 0 radical (unpaired) electrons. The van der Waals surface area contributed by atoms with Crippen molar-refractivity contribution in [2.75, 3.05) is 6.26 Å². The molecule has 0 bridgehead atoms. The minimum absolute atomic E-state index is 1.13. The lowest BCUT2D eigenvalue weighted by Crippen LogP contribution is -2.01. The first-order valence-corrected chi connectivity index (χ1v) is 4.77. The van der Waals surface area contributed by atoms with Gasteiger partial charge < -0.3 is 0 Å². The first-order valence-electron chi connectivity index (χ1n) is 3.37. The lowest BCUT2D eigenvalue weighted by Gasteiger charge is -1.97. The molecule has 0 atom stereocenters. The molecular formula is C8H11BS. The van der Waals surface area contributed by atoms with Gasteiger partial charge in [-0.25, -0.2) is 0 Å². The third-order valence-electron chi connectivity index (χ3n) is 1.39. The average molecular weight is 150 g/mol. The van der Waals surface area contributed by atoms with Crippen LogP contribution in [0, 0.1) is 0 Å².